The molecule has 1 aliphatic heterocycles. The largest absolute Gasteiger partial charge is 0.394 e. The van der Waals surface area contributed by atoms with Gasteiger partial charge in [-0.05, 0) is 0 Å². The zero-order valence-electron chi connectivity index (χ0n) is 17.3. The second kappa shape index (κ2) is 12.1. The summed E-state index contributed by atoms with van der Waals surface area (Å²) in [6.45, 7) is 0.435. The lowest BCUT2D eigenvalue weighted by molar-refractivity contribution is -0.297. The van der Waals surface area contributed by atoms with Crippen molar-refractivity contribution >= 4 is 21.9 Å². The molecular formula is C16H30N2O13S. The Morgan fingerprint density at radius 3 is 2.12 bits per heavy atom. The lowest BCUT2D eigenvalue weighted by Gasteiger charge is -2.44. The van der Waals surface area contributed by atoms with Crippen molar-refractivity contribution < 1.29 is 62.7 Å². The number of rotatable bonds is 11. The van der Waals surface area contributed by atoms with Crippen LogP contribution in [0.2, 0.25) is 0 Å². The summed E-state index contributed by atoms with van der Waals surface area (Å²) in [4.78, 5) is 22.9. The molecule has 0 aromatic rings. The number of hydrogen-bond acceptors (Lipinski definition) is 12. The molecule has 9 atom stereocenters. The third-order valence-electron chi connectivity index (χ3n) is 4.64. The van der Waals surface area contributed by atoms with Crippen LogP contribution in [-0.4, -0.2) is 129 Å². The lowest BCUT2D eigenvalue weighted by atomic mass is 9.96. The van der Waals surface area contributed by atoms with Crippen molar-refractivity contribution in [3.63, 3.8) is 0 Å². The van der Waals surface area contributed by atoms with Crippen molar-refractivity contribution in [1.82, 2.24) is 10.6 Å². The van der Waals surface area contributed by atoms with Crippen LogP contribution in [0.1, 0.15) is 13.8 Å². The number of ether oxygens (including phenoxy) is 2. The minimum atomic E-state index is -4.80. The molecule has 9 N–H and O–H groups in total. The second-order valence-corrected chi connectivity index (χ2v) is 8.83. The molecule has 1 fully saturated rings. The average Bonchev–Trinajstić information content (AvgIpc) is 2.66. The molecule has 15 nitrogen and oxygen atoms in total. The summed E-state index contributed by atoms with van der Waals surface area (Å²) in [6, 6.07) is -2.98. The Hall–Kier alpha value is -1.47. The highest BCUT2D eigenvalue weighted by atomic mass is 32.2. The van der Waals surface area contributed by atoms with Gasteiger partial charge in [0.25, 0.3) is 10.1 Å². The summed E-state index contributed by atoms with van der Waals surface area (Å²) in [5, 5.41) is 64.5. The van der Waals surface area contributed by atoms with Crippen molar-refractivity contribution in [2.24, 2.45) is 0 Å². The minimum absolute atomic E-state index is 0.699. The van der Waals surface area contributed by atoms with E-state index in [4.69, 9.17) is 14.0 Å². The van der Waals surface area contributed by atoms with E-state index in [1.54, 1.807) is 0 Å². The van der Waals surface area contributed by atoms with E-state index in [2.05, 4.69) is 10.6 Å². The van der Waals surface area contributed by atoms with Crippen LogP contribution >= 0.6 is 0 Å². The third kappa shape index (κ3) is 8.14. The summed E-state index contributed by atoms with van der Waals surface area (Å²) < 4.78 is 42.2. The van der Waals surface area contributed by atoms with Gasteiger partial charge in [-0.15, -0.1) is 0 Å². The monoisotopic (exact) mass is 490 g/mol. The van der Waals surface area contributed by atoms with Gasteiger partial charge in [0.15, 0.2) is 6.29 Å². The number of carbonyl (C=O) groups excluding carboxylic acids is 2. The molecule has 0 aromatic heterocycles. The van der Waals surface area contributed by atoms with Crippen LogP contribution in [0.25, 0.3) is 0 Å². The minimum Gasteiger partial charge on any atom is -0.394 e. The Morgan fingerprint density at radius 1 is 1.09 bits per heavy atom. The average molecular weight is 490 g/mol. The lowest BCUT2D eigenvalue weighted by Crippen LogP contribution is -2.66. The fourth-order valence-corrected chi connectivity index (χ4v) is 3.80. The Balaban J connectivity index is 3.30. The van der Waals surface area contributed by atoms with Crippen LogP contribution in [0, 0.1) is 0 Å². The van der Waals surface area contributed by atoms with Gasteiger partial charge in [-0.2, -0.15) is 8.42 Å². The van der Waals surface area contributed by atoms with E-state index in [0.717, 1.165) is 13.8 Å². The molecule has 0 bridgehead atoms. The Labute approximate surface area is 183 Å². The molecule has 16 heteroatoms. The third-order valence-corrected chi connectivity index (χ3v) is 5.40. The van der Waals surface area contributed by atoms with Gasteiger partial charge in [0, 0.05) is 13.8 Å². The highest BCUT2D eigenvalue weighted by molar-refractivity contribution is 7.85. The molecule has 188 valence electrons. The summed E-state index contributed by atoms with van der Waals surface area (Å²) in [5.41, 5.74) is 0. The van der Waals surface area contributed by atoms with Gasteiger partial charge in [-0.3, -0.25) is 14.1 Å². The molecule has 0 spiro atoms. The summed E-state index contributed by atoms with van der Waals surface area (Å²) in [6.07, 6.45) is -12.7. The van der Waals surface area contributed by atoms with E-state index in [1.165, 1.54) is 0 Å². The topological polar surface area (TPSA) is 252 Å². The number of aliphatic hydroxyl groups excluding tert-OH is 6. The number of carbonyl (C=O) groups is 2. The fourth-order valence-electron chi connectivity index (χ4n) is 3.18. The van der Waals surface area contributed by atoms with Crippen LogP contribution in [0.15, 0.2) is 0 Å². The summed E-state index contributed by atoms with van der Waals surface area (Å²) in [5.74, 6) is -2.74. The molecule has 1 heterocycles. The van der Waals surface area contributed by atoms with Crippen molar-refractivity contribution in [3.8, 4) is 0 Å². The van der Waals surface area contributed by atoms with Crippen LogP contribution in [0.3, 0.4) is 0 Å². The number of amides is 2. The molecule has 0 aromatic carbocycles. The van der Waals surface area contributed by atoms with Gasteiger partial charge in [-0.1, -0.05) is 0 Å². The van der Waals surface area contributed by atoms with E-state index in [9.17, 15) is 48.6 Å². The number of aliphatic hydroxyl groups is 6. The van der Waals surface area contributed by atoms with Gasteiger partial charge in [0.1, 0.15) is 42.3 Å². The van der Waals surface area contributed by atoms with Gasteiger partial charge in [-0.25, -0.2) is 0 Å². The van der Waals surface area contributed by atoms with Crippen LogP contribution in [0.4, 0.5) is 0 Å². The highest BCUT2D eigenvalue weighted by Gasteiger charge is 2.48. The Morgan fingerprint density at radius 2 is 1.69 bits per heavy atom. The summed E-state index contributed by atoms with van der Waals surface area (Å²) in [7, 11) is -4.80. The zero-order valence-corrected chi connectivity index (χ0v) is 18.1. The van der Waals surface area contributed by atoms with Crippen LogP contribution < -0.4 is 10.6 Å². The molecule has 0 aliphatic carbocycles. The van der Waals surface area contributed by atoms with E-state index in [-0.39, 0.29) is 0 Å². The molecule has 1 rings (SSSR count). The quantitative estimate of drug-likeness (QED) is 0.123. The standard InChI is InChI=1S/C16H30N2O13S/c1-6(21)17-8(3-19)12(24)15(9(23)5-32(27,28)29)31-16-11(18-7(2)22)14(26)13(25)10(4-20)30-16/h8-16,19-20,23-26H,3-5H2,1-2H3,(H,17,21)(H,18,22)(H,27,28,29)/t8-,9+,10+,11+,12+,13-,14+,15+,16-/m0/s1. The fraction of sp³-hybridized carbons (Fsp3) is 0.875. The molecule has 0 saturated carbocycles. The molecule has 0 unspecified atom stereocenters. The molecule has 1 saturated heterocycles. The molecule has 0 radical (unpaired) electrons. The highest BCUT2D eigenvalue weighted by Crippen LogP contribution is 2.25. The van der Waals surface area contributed by atoms with Crippen molar-refractivity contribution in [2.45, 2.75) is 68.8 Å². The first-order valence-corrected chi connectivity index (χ1v) is 11.1. The van der Waals surface area contributed by atoms with Crippen molar-refractivity contribution in [3.05, 3.63) is 0 Å². The van der Waals surface area contributed by atoms with Crippen molar-refractivity contribution in [1.29, 1.82) is 0 Å². The first-order chi connectivity index (χ1) is 14.7. The zero-order chi connectivity index (χ0) is 24.8. The van der Waals surface area contributed by atoms with Crippen LogP contribution in [-0.2, 0) is 29.2 Å². The number of nitrogens with one attached hydrogen (secondary N) is 2. The van der Waals surface area contributed by atoms with Crippen LogP contribution in [0.5, 0.6) is 0 Å². The normalized spacial score (nSPS) is 30.1. The SMILES string of the molecule is CC(=O)N[C@H]1[C@H](O[C@@H]([C@H](O)[C@H](CO)NC(C)=O)[C@H](O)CS(=O)(=O)O)O[C@H](CO)[C@H](O)[C@@H]1O. The maximum Gasteiger partial charge on any atom is 0.267 e. The Kier molecular flexibility index (Phi) is 10.8. The Bertz CT molecular complexity index is 735. The van der Waals surface area contributed by atoms with Gasteiger partial charge in [0.05, 0.1) is 25.4 Å². The van der Waals surface area contributed by atoms with Gasteiger partial charge in [0.2, 0.25) is 11.8 Å². The van der Waals surface area contributed by atoms with E-state index >= 15 is 0 Å². The predicted molar refractivity (Wildman–Crippen MR) is 103 cm³/mol. The number of hydrogen-bond donors (Lipinski definition) is 9. The molecular weight excluding hydrogens is 460 g/mol. The van der Waals surface area contributed by atoms with E-state index in [1.807, 2.05) is 0 Å². The van der Waals surface area contributed by atoms with Crippen molar-refractivity contribution in [2.75, 3.05) is 19.0 Å². The molecule has 32 heavy (non-hydrogen) atoms. The smallest absolute Gasteiger partial charge is 0.267 e. The van der Waals surface area contributed by atoms with E-state index < -0.39 is 95.9 Å². The maximum atomic E-state index is 11.5. The van der Waals surface area contributed by atoms with Gasteiger partial charge >= 0.3 is 0 Å². The first-order valence-electron chi connectivity index (χ1n) is 9.46. The molecule has 1 aliphatic rings. The summed E-state index contributed by atoms with van der Waals surface area (Å²) >= 11 is 0. The van der Waals surface area contributed by atoms with Gasteiger partial charge < -0.3 is 50.7 Å². The molecule has 2 amide bonds. The first kappa shape index (κ1) is 28.6. The second-order valence-electron chi connectivity index (χ2n) is 7.33. The maximum absolute atomic E-state index is 11.5. The predicted octanol–water partition coefficient (Wildman–Crippen LogP) is -5.58. The van der Waals surface area contributed by atoms with E-state index in [0.29, 0.717) is 0 Å².